The first-order valence-corrected chi connectivity index (χ1v) is 16.1. The predicted molar refractivity (Wildman–Crippen MR) is 169 cm³/mol. The molecular formula is C32H52Cl2N4O3. The molecule has 0 atom stereocenters. The number of carbonyl (C=O) groups excluding carboxylic acids is 2. The number of rotatable bonds is 20. The molecular weight excluding hydrogens is 559 g/mol. The second-order valence-corrected chi connectivity index (χ2v) is 12.8. The van der Waals surface area contributed by atoms with Crippen molar-refractivity contribution in [3.8, 4) is 5.69 Å². The van der Waals surface area contributed by atoms with Crippen LogP contribution in [0.4, 0.5) is 0 Å². The van der Waals surface area contributed by atoms with Gasteiger partial charge in [0.15, 0.2) is 0 Å². The Hall–Kier alpha value is -2.09. The van der Waals surface area contributed by atoms with Crippen molar-refractivity contribution in [3.05, 3.63) is 45.7 Å². The van der Waals surface area contributed by atoms with Crippen LogP contribution in [-0.4, -0.2) is 53.8 Å². The molecule has 1 aromatic heterocycles. The van der Waals surface area contributed by atoms with E-state index in [9.17, 15) is 14.7 Å². The molecule has 2 aromatic rings. The maximum absolute atomic E-state index is 11.4. The highest BCUT2D eigenvalue weighted by Gasteiger charge is 2.18. The topological polar surface area (TPSA) is 101 Å². The van der Waals surface area contributed by atoms with E-state index >= 15 is 0 Å². The van der Waals surface area contributed by atoms with E-state index in [4.69, 9.17) is 28.9 Å². The lowest BCUT2D eigenvalue weighted by Gasteiger charge is -2.23. The van der Waals surface area contributed by atoms with Gasteiger partial charge >= 0.3 is 0 Å². The fraction of sp³-hybridized carbons (Fsp3) is 0.656. The molecule has 7 nitrogen and oxygen atoms in total. The molecule has 2 N–H and O–H groups in total. The van der Waals surface area contributed by atoms with Gasteiger partial charge in [-0.1, -0.05) is 120 Å². The number of benzene rings is 1. The van der Waals surface area contributed by atoms with Crippen LogP contribution in [0.15, 0.2) is 24.4 Å². The molecule has 1 amide bonds. The summed E-state index contributed by atoms with van der Waals surface area (Å²) in [5.41, 5.74) is 4.77. The van der Waals surface area contributed by atoms with Crippen LogP contribution in [0.3, 0.4) is 0 Å². The molecule has 0 saturated heterocycles. The van der Waals surface area contributed by atoms with Crippen LogP contribution >= 0.6 is 23.2 Å². The minimum absolute atomic E-state index is 0.307. The quantitative estimate of drug-likeness (QED) is 0.123. The average molecular weight is 612 g/mol. The molecule has 0 aliphatic heterocycles. The first-order valence-electron chi connectivity index (χ1n) is 15.3. The number of unbranched alkanes of at least 4 members (excludes halogenated alkanes) is 15. The Morgan fingerprint density at radius 1 is 0.780 bits per heavy atom. The number of carboxylic acid groups (broad SMARTS) is 1. The summed E-state index contributed by atoms with van der Waals surface area (Å²) in [6.07, 6.45) is 24.3. The third-order valence-electron chi connectivity index (χ3n) is 7.00. The largest absolute Gasteiger partial charge is 0.545 e. The van der Waals surface area contributed by atoms with E-state index in [1.807, 2.05) is 0 Å². The molecule has 0 unspecified atom stereocenters. The lowest BCUT2D eigenvalue weighted by atomic mass is 10.0. The van der Waals surface area contributed by atoms with Crippen molar-refractivity contribution in [1.29, 1.82) is 0 Å². The number of nitrogens with two attached hydrogens (primary N) is 1. The van der Waals surface area contributed by atoms with Gasteiger partial charge in [-0.05, 0) is 31.0 Å². The zero-order valence-electron chi connectivity index (χ0n) is 25.7. The van der Waals surface area contributed by atoms with E-state index in [0.29, 0.717) is 15.7 Å². The van der Waals surface area contributed by atoms with Gasteiger partial charge in [-0.15, -0.1) is 0 Å². The SMILES string of the molecule is CCCCCCCCCCCCCCCCCC[N+](C)(C)C.NC(=O)c1c(C(=O)[O-])cnn1-c1cc(Cl)cc(Cl)c1. The van der Waals surface area contributed by atoms with Gasteiger partial charge in [0.25, 0.3) is 5.91 Å². The van der Waals surface area contributed by atoms with Crippen molar-refractivity contribution >= 4 is 35.1 Å². The van der Waals surface area contributed by atoms with Crippen molar-refractivity contribution in [2.75, 3.05) is 27.7 Å². The highest BCUT2D eigenvalue weighted by Crippen LogP contribution is 2.23. The number of nitrogens with zero attached hydrogens (tertiary/aromatic N) is 3. The van der Waals surface area contributed by atoms with Gasteiger partial charge in [0.2, 0.25) is 0 Å². The van der Waals surface area contributed by atoms with Gasteiger partial charge in [0, 0.05) is 15.6 Å². The Morgan fingerprint density at radius 2 is 1.20 bits per heavy atom. The molecule has 0 fully saturated rings. The third kappa shape index (κ3) is 16.8. The van der Waals surface area contributed by atoms with Gasteiger partial charge in [-0.3, -0.25) is 4.79 Å². The summed E-state index contributed by atoms with van der Waals surface area (Å²) >= 11 is 11.7. The monoisotopic (exact) mass is 610 g/mol. The summed E-state index contributed by atoms with van der Waals surface area (Å²) in [4.78, 5) is 22.2. The Kier molecular flexibility index (Phi) is 18.7. The van der Waals surface area contributed by atoms with Crippen molar-refractivity contribution in [2.24, 2.45) is 5.73 Å². The lowest BCUT2D eigenvalue weighted by molar-refractivity contribution is -0.870. The molecule has 0 saturated carbocycles. The molecule has 2 rings (SSSR count). The van der Waals surface area contributed by atoms with Crippen LogP contribution in [0.1, 0.15) is 131 Å². The molecule has 1 aromatic carbocycles. The fourth-order valence-corrected chi connectivity index (χ4v) is 5.24. The van der Waals surface area contributed by atoms with E-state index < -0.39 is 17.4 Å². The summed E-state index contributed by atoms with van der Waals surface area (Å²) < 4.78 is 2.17. The number of aromatic nitrogens is 2. The number of halogens is 2. The second kappa shape index (κ2) is 20.7. The van der Waals surface area contributed by atoms with E-state index in [0.717, 1.165) is 15.4 Å². The fourth-order valence-electron chi connectivity index (χ4n) is 4.73. The third-order valence-corrected chi connectivity index (χ3v) is 7.43. The van der Waals surface area contributed by atoms with E-state index in [2.05, 4.69) is 33.2 Å². The first kappa shape index (κ1) is 36.9. The number of hydrogen-bond donors (Lipinski definition) is 1. The molecule has 0 spiro atoms. The molecule has 232 valence electrons. The van der Waals surface area contributed by atoms with Crippen molar-refractivity contribution < 1.29 is 19.2 Å². The number of primary amides is 1. The van der Waals surface area contributed by atoms with Gasteiger partial charge in [-0.25, -0.2) is 4.68 Å². The molecule has 41 heavy (non-hydrogen) atoms. The number of quaternary nitrogens is 1. The molecule has 0 aliphatic carbocycles. The van der Waals surface area contributed by atoms with E-state index in [1.54, 1.807) is 0 Å². The van der Waals surface area contributed by atoms with Crippen molar-refractivity contribution in [1.82, 2.24) is 9.78 Å². The van der Waals surface area contributed by atoms with Gasteiger partial charge in [0.1, 0.15) is 5.69 Å². The van der Waals surface area contributed by atoms with Crippen LogP contribution in [0, 0.1) is 0 Å². The Bertz CT molecular complexity index is 1010. The van der Waals surface area contributed by atoms with Crippen molar-refractivity contribution in [2.45, 2.75) is 110 Å². The summed E-state index contributed by atoms with van der Waals surface area (Å²) in [6, 6.07) is 4.41. The second-order valence-electron chi connectivity index (χ2n) is 11.9. The smallest absolute Gasteiger partial charge is 0.268 e. The standard InChI is InChI=1S/C21H46N.C11H7Cl2N3O3/c1-5-6-7-8-9-10-11-12-13-14-15-16-17-18-19-20-21-22(2,3)4;12-5-1-6(13)3-7(2-5)16-9(10(14)17)8(4-15-16)11(18)19/h5-21H2,1-4H3;1-4H,(H2,14,17)(H,18,19)/q+1;/p-1. The number of hydrogen-bond acceptors (Lipinski definition) is 4. The van der Waals surface area contributed by atoms with Crippen LogP contribution in [0.25, 0.3) is 5.69 Å². The molecule has 9 heteroatoms. The highest BCUT2D eigenvalue weighted by molar-refractivity contribution is 6.34. The Morgan fingerprint density at radius 3 is 1.56 bits per heavy atom. The zero-order valence-corrected chi connectivity index (χ0v) is 27.2. The van der Waals surface area contributed by atoms with Gasteiger partial charge in [0.05, 0.1) is 45.5 Å². The number of carbonyl (C=O) groups is 2. The van der Waals surface area contributed by atoms with Gasteiger partial charge in [-0.2, -0.15) is 5.10 Å². The van der Waals surface area contributed by atoms with Crippen molar-refractivity contribution in [3.63, 3.8) is 0 Å². The number of amides is 1. The van der Waals surface area contributed by atoms with Crippen LogP contribution in [0.2, 0.25) is 10.0 Å². The number of aromatic carboxylic acids is 1. The maximum Gasteiger partial charge on any atom is 0.268 e. The molecule has 0 radical (unpaired) electrons. The zero-order chi connectivity index (χ0) is 30.7. The van der Waals surface area contributed by atoms with Gasteiger partial charge < -0.3 is 20.1 Å². The number of carboxylic acids is 1. The lowest BCUT2D eigenvalue weighted by Crippen LogP contribution is -2.35. The highest BCUT2D eigenvalue weighted by atomic mass is 35.5. The minimum atomic E-state index is -1.55. The molecule has 0 aliphatic rings. The normalized spacial score (nSPS) is 11.3. The molecule has 0 bridgehead atoms. The summed E-state index contributed by atoms with van der Waals surface area (Å²) in [5.74, 6) is -2.50. The summed E-state index contributed by atoms with van der Waals surface area (Å²) in [6.45, 7) is 3.63. The summed E-state index contributed by atoms with van der Waals surface area (Å²) in [7, 11) is 6.89. The predicted octanol–water partition coefficient (Wildman–Crippen LogP) is 7.60. The Balaban J connectivity index is 0.000000413. The van der Waals surface area contributed by atoms with Crippen LogP contribution < -0.4 is 10.8 Å². The van der Waals surface area contributed by atoms with E-state index in [-0.39, 0.29) is 5.69 Å². The average Bonchev–Trinajstić information content (AvgIpc) is 3.34. The Labute approximate surface area is 258 Å². The minimum Gasteiger partial charge on any atom is -0.545 e. The van der Waals surface area contributed by atoms with Crippen LogP contribution in [-0.2, 0) is 0 Å². The molecule has 1 heterocycles. The maximum atomic E-state index is 11.4. The van der Waals surface area contributed by atoms with Crippen LogP contribution in [0.5, 0.6) is 0 Å². The first-order chi connectivity index (χ1) is 19.5. The summed E-state index contributed by atoms with van der Waals surface area (Å²) in [5, 5.41) is 15.3. The van der Waals surface area contributed by atoms with E-state index in [1.165, 1.54) is 127 Å².